The standard InChI is InChI=1S/6C22H20/c1-15-13-17(16-9-5-4-6-10-16)14-20-21(15)18-11-7-8-12-19(18)22(20,2)3;1-15-13-19-17-11-7-8-12-20(17)22(2,3)21(19)14-18(15)16-9-5-4-6-10-16;1-15-13-18(16-9-5-4-6-10-16)21-19(14-15)17-11-7-8-12-20(17)22(21,2)3;1-15-13-18(16-9-5-4-6-10-16)21-17-11-7-8-12-19(17)22(2,3)20(21)14-15;1-15-13-14-18-17-11-7-8-12-19(17)22(2,3)21(18)20(15)16-9-5-4-6-10-16;1-15-13-14-19-21(20(15)16-9-5-4-6-10-16)17-11-7-8-12-18(17)22(19,2)3/h6*4-14H,1-3H3. The molecular formula is C132H120. The molecule has 0 fully saturated rings. The molecule has 0 spiro atoms. The lowest BCUT2D eigenvalue weighted by Gasteiger charge is -2.25. The van der Waals surface area contributed by atoms with E-state index in [2.05, 4.69) is 525 Å². The van der Waals surface area contributed by atoms with Gasteiger partial charge in [0.05, 0.1) is 0 Å². The fourth-order valence-electron chi connectivity index (χ4n) is 23.2. The fraction of sp³-hybridized carbons (Fsp3) is 0.182. The topological polar surface area (TPSA) is 0 Å². The van der Waals surface area contributed by atoms with Crippen LogP contribution in [-0.4, -0.2) is 0 Å². The van der Waals surface area contributed by atoms with Crippen molar-refractivity contribution >= 4 is 0 Å². The number of fused-ring (bicyclic) bond motifs is 18. The minimum Gasteiger partial charge on any atom is -0.0622 e. The fourth-order valence-corrected chi connectivity index (χ4v) is 23.2. The predicted molar refractivity (Wildman–Crippen MR) is 565 cm³/mol. The molecule has 0 atom stereocenters. The molecule has 0 N–H and O–H groups in total. The van der Waals surface area contributed by atoms with Crippen molar-refractivity contribution in [1.82, 2.24) is 0 Å². The van der Waals surface area contributed by atoms with Crippen LogP contribution in [0.3, 0.4) is 0 Å². The third-order valence-electron chi connectivity index (χ3n) is 29.8. The zero-order chi connectivity index (χ0) is 91.9. The zero-order valence-electron chi connectivity index (χ0n) is 80.1. The quantitative estimate of drug-likeness (QED) is 0.156. The molecule has 0 nitrogen and oxygen atoms in total. The minimum absolute atomic E-state index is 0.0448. The van der Waals surface area contributed by atoms with E-state index in [0.29, 0.717) is 0 Å². The maximum atomic E-state index is 2.40. The van der Waals surface area contributed by atoms with Crippen molar-refractivity contribution in [2.45, 2.75) is 157 Å². The predicted octanol–water partition coefficient (Wildman–Crippen LogP) is 35.8. The Morgan fingerprint density at radius 1 is 0.129 bits per heavy atom. The van der Waals surface area contributed by atoms with Gasteiger partial charge in [-0.15, -0.1) is 0 Å². The molecule has 132 heavy (non-hydrogen) atoms. The first kappa shape index (κ1) is 87.3. The normalized spacial score (nSPS) is 14.5. The Labute approximate surface area is 785 Å². The van der Waals surface area contributed by atoms with Gasteiger partial charge in [0.15, 0.2) is 0 Å². The van der Waals surface area contributed by atoms with Crippen LogP contribution >= 0.6 is 0 Å². The summed E-state index contributed by atoms with van der Waals surface area (Å²) in [6.07, 6.45) is 0. The summed E-state index contributed by atoms with van der Waals surface area (Å²) in [6.45, 7) is 41.4. The van der Waals surface area contributed by atoms with Gasteiger partial charge in [0.25, 0.3) is 0 Å². The molecule has 18 aromatic rings. The molecule has 6 aliphatic carbocycles. The largest absolute Gasteiger partial charge is 0.0622 e. The van der Waals surface area contributed by atoms with Gasteiger partial charge in [0, 0.05) is 32.5 Å². The van der Waals surface area contributed by atoms with Crippen LogP contribution in [-0.2, 0) is 32.5 Å². The number of aryl methyl sites for hydroxylation is 6. The van der Waals surface area contributed by atoms with Gasteiger partial charge >= 0.3 is 0 Å². The van der Waals surface area contributed by atoms with Crippen molar-refractivity contribution in [2.75, 3.05) is 0 Å². The van der Waals surface area contributed by atoms with E-state index < -0.39 is 0 Å². The van der Waals surface area contributed by atoms with Gasteiger partial charge in [-0.1, -0.05) is 477 Å². The van der Waals surface area contributed by atoms with Crippen LogP contribution < -0.4 is 0 Å². The minimum atomic E-state index is 0.0448. The molecular weight excluding hydrogens is 1590 g/mol. The van der Waals surface area contributed by atoms with E-state index in [0.717, 1.165) is 0 Å². The van der Waals surface area contributed by atoms with E-state index >= 15 is 0 Å². The molecule has 648 valence electrons. The molecule has 0 aliphatic heterocycles. The Hall–Kier alpha value is -14.0. The van der Waals surface area contributed by atoms with Crippen LogP contribution in [0.15, 0.2) is 400 Å². The molecule has 0 heteroatoms. The molecule has 0 radical (unpaired) electrons. The summed E-state index contributed by atoms with van der Waals surface area (Å²) in [5, 5.41) is 0. The maximum Gasteiger partial charge on any atom is 0.0165 e. The third kappa shape index (κ3) is 15.2. The van der Waals surface area contributed by atoms with E-state index in [1.165, 1.54) is 234 Å². The first-order valence-electron chi connectivity index (χ1n) is 47.4. The average molecular weight is 1710 g/mol. The third-order valence-corrected chi connectivity index (χ3v) is 29.8. The van der Waals surface area contributed by atoms with Gasteiger partial charge in [0.1, 0.15) is 0 Å². The summed E-state index contributed by atoms with van der Waals surface area (Å²) >= 11 is 0. The second-order valence-corrected chi connectivity index (χ2v) is 40.5. The van der Waals surface area contributed by atoms with Crippen LogP contribution in [0.25, 0.3) is 134 Å². The Bertz CT molecular complexity index is 7420. The first-order chi connectivity index (χ1) is 63.6. The average Bonchev–Trinajstić information content (AvgIpc) is 1.58. The molecule has 0 saturated carbocycles. The molecule has 0 heterocycles. The summed E-state index contributed by atoms with van der Waals surface area (Å²) in [6, 6.07) is 145. The van der Waals surface area contributed by atoms with Crippen LogP contribution in [0, 0.1) is 41.5 Å². The highest BCUT2D eigenvalue weighted by Gasteiger charge is 2.43. The second kappa shape index (κ2) is 34.4. The lowest BCUT2D eigenvalue weighted by Crippen LogP contribution is -2.16. The van der Waals surface area contributed by atoms with Gasteiger partial charge in [-0.3, -0.25) is 0 Å². The molecule has 0 unspecified atom stereocenters. The molecule has 24 rings (SSSR count). The Kier molecular flexibility index (Phi) is 22.7. The smallest absolute Gasteiger partial charge is 0.0165 e. The molecule has 0 amide bonds. The summed E-state index contributed by atoms with van der Waals surface area (Å²) in [5.74, 6) is 0. The Morgan fingerprint density at radius 2 is 0.455 bits per heavy atom. The van der Waals surface area contributed by atoms with Crippen molar-refractivity contribution in [1.29, 1.82) is 0 Å². The molecule has 6 aliphatic rings. The zero-order valence-corrected chi connectivity index (χ0v) is 80.1. The van der Waals surface area contributed by atoms with Gasteiger partial charge in [-0.25, -0.2) is 0 Å². The Balaban J connectivity index is 0.000000102. The molecule has 0 bridgehead atoms. The highest BCUT2D eigenvalue weighted by atomic mass is 14.5. The summed E-state index contributed by atoms with van der Waals surface area (Å²) in [4.78, 5) is 0. The first-order valence-corrected chi connectivity index (χ1v) is 47.4. The molecule has 0 saturated heterocycles. The van der Waals surface area contributed by atoms with Gasteiger partial charge in [-0.2, -0.15) is 0 Å². The van der Waals surface area contributed by atoms with E-state index in [1.54, 1.807) is 0 Å². The van der Waals surface area contributed by atoms with Crippen LogP contribution in [0.4, 0.5) is 0 Å². The van der Waals surface area contributed by atoms with Crippen LogP contribution in [0.2, 0.25) is 0 Å². The number of rotatable bonds is 6. The van der Waals surface area contributed by atoms with E-state index in [4.69, 9.17) is 0 Å². The van der Waals surface area contributed by atoms with Crippen molar-refractivity contribution in [3.63, 3.8) is 0 Å². The van der Waals surface area contributed by atoms with E-state index in [9.17, 15) is 0 Å². The summed E-state index contributed by atoms with van der Waals surface area (Å²) in [5.41, 5.74) is 58.6. The number of hydrogen-bond donors (Lipinski definition) is 0. The Morgan fingerprint density at radius 3 is 0.955 bits per heavy atom. The SMILES string of the molecule is Cc1cc(-c2ccccc2)c2c(c1)-c1ccccc1C2(C)C.Cc1cc(-c2ccccc2)c2c(c1)C(C)(C)c1ccccc1-2.Cc1cc(-c2ccccc2)cc2c1-c1ccccc1C2(C)C.Cc1cc2c(cc1-c1ccccc1)C(C)(C)c1ccccc1-2.Cc1ccc2c(c1-c1ccccc1)-c1ccccc1C2(C)C.Cc1ccc2c(c1-c1ccccc1)C(C)(C)c1ccccc1-2. The highest BCUT2D eigenvalue weighted by Crippen LogP contribution is 2.59. The van der Waals surface area contributed by atoms with Gasteiger partial charge < -0.3 is 0 Å². The summed E-state index contributed by atoms with van der Waals surface area (Å²) in [7, 11) is 0. The lowest BCUT2D eigenvalue weighted by molar-refractivity contribution is 0.660. The molecule has 0 aromatic heterocycles. The van der Waals surface area contributed by atoms with Gasteiger partial charge in [0.2, 0.25) is 0 Å². The second-order valence-electron chi connectivity index (χ2n) is 40.5. The number of benzene rings is 18. The highest BCUT2D eigenvalue weighted by molar-refractivity contribution is 5.97. The van der Waals surface area contributed by atoms with Crippen molar-refractivity contribution in [2.24, 2.45) is 0 Å². The molecule has 18 aromatic carbocycles. The van der Waals surface area contributed by atoms with Crippen LogP contribution in [0.1, 0.15) is 183 Å². The number of hydrogen-bond acceptors (Lipinski definition) is 0. The van der Waals surface area contributed by atoms with Crippen molar-refractivity contribution < 1.29 is 0 Å². The van der Waals surface area contributed by atoms with E-state index in [-0.39, 0.29) is 32.5 Å². The van der Waals surface area contributed by atoms with E-state index in [1.807, 2.05) is 0 Å². The van der Waals surface area contributed by atoms with Gasteiger partial charge in [-0.05, 0) is 282 Å². The summed E-state index contributed by atoms with van der Waals surface area (Å²) < 4.78 is 0. The monoisotopic (exact) mass is 1700 g/mol. The van der Waals surface area contributed by atoms with Crippen molar-refractivity contribution in [3.8, 4) is 134 Å². The maximum absolute atomic E-state index is 2.40. The lowest BCUT2D eigenvalue weighted by atomic mass is 9.77. The van der Waals surface area contributed by atoms with Crippen LogP contribution in [0.5, 0.6) is 0 Å². The van der Waals surface area contributed by atoms with Crippen molar-refractivity contribution in [3.05, 3.63) is 501 Å².